The first kappa shape index (κ1) is 18.4. The lowest BCUT2D eigenvalue weighted by Crippen LogP contribution is -2.06. The summed E-state index contributed by atoms with van der Waals surface area (Å²) in [6.07, 6.45) is 0.939. The number of anilines is 5. The number of carbonyl (C=O) groups excluding carboxylic acids is 1. The van der Waals surface area contributed by atoms with Crippen molar-refractivity contribution in [3.63, 3.8) is 0 Å². The van der Waals surface area contributed by atoms with Crippen LogP contribution in [-0.2, 0) is 11.2 Å². The molecular weight excluding hydrogens is 338 g/mol. The maximum Gasteiger partial charge on any atom is 0.221 e. The van der Waals surface area contributed by atoms with Crippen LogP contribution in [-0.4, -0.2) is 15.9 Å². The van der Waals surface area contributed by atoms with Gasteiger partial charge in [-0.05, 0) is 43.2 Å². The number of hydrogen-bond donors (Lipinski definition) is 3. The van der Waals surface area contributed by atoms with Crippen molar-refractivity contribution in [3.8, 4) is 0 Å². The van der Waals surface area contributed by atoms with Crippen molar-refractivity contribution >= 4 is 34.6 Å². The van der Waals surface area contributed by atoms with Crippen LogP contribution in [0.5, 0.6) is 0 Å². The zero-order chi connectivity index (χ0) is 19.2. The topological polar surface area (TPSA) is 78.9 Å². The highest BCUT2D eigenvalue weighted by atomic mass is 16.1. The number of rotatable bonds is 6. The molecule has 0 saturated heterocycles. The molecule has 27 heavy (non-hydrogen) atoms. The van der Waals surface area contributed by atoms with Gasteiger partial charge in [0.15, 0.2) is 0 Å². The van der Waals surface area contributed by atoms with Gasteiger partial charge >= 0.3 is 0 Å². The maximum absolute atomic E-state index is 11.2. The lowest BCUT2D eigenvalue weighted by molar-refractivity contribution is -0.114. The predicted molar refractivity (Wildman–Crippen MR) is 110 cm³/mol. The van der Waals surface area contributed by atoms with Gasteiger partial charge in [-0.1, -0.05) is 31.2 Å². The van der Waals surface area contributed by atoms with E-state index in [-0.39, 0.29) is 5.91 Å². The normalized spacial score (nSPS) is 10.3. The molecule has 3 N–H and O–H groups in total. The van der Waals surface area contributed by atoms with Crippen molar-refractivity contribution < 1.29 is 4.79 Å². The van der Waals surface area contributed by atoms with Crippen LogP contribution in [0.25, 0.3) is 0 Å². The minimum absolute atomic E-state index is 0.105. The van der Waals surface area contributed by atoms with E-state index in [4.69, 9.17) is 0 Å². The summed E-state index contributed by atoms with van der Waals surface area (Å²) in [4.78, 5) is 20.2. The second-order valence-electron chi connectivity index (χ2n) is 6.21. The highest BCUT2D eigenvalue weighted by Crippen LogP contribution is 2.24. The van der Waals surface area contributed by atoms with Crippen LogP contribution in [0.3, 0.4) is 0 Å². The van der Waals surface area contributed by atoms with Crippen molar-refractivity contribution in [1.82, 2.24) is 9.97 Å². The molecule has 0 saturated carbocycles. The van der Waals surface area contributed by atoms with E-state index in [0.717, 1.165) is 29.3 Å². The first-order chi connectivity index (χ1) is 13.0. The molecule has 0 aliphatic carbocycles. The van der Waals surface area contributed by atoms with Crippen LogP contribution in [0, 0.1) is 6.92 Å². The molecule has 0 radical (unpaired) electrons. The van der Waals surface area contributed by atoms with E-state index >= 15 is 0 Å². The van der Waals surface area contributed by atoms with E-state index < -0.39 is 0 Å². The zero-order valence-electron chi connectivity index (χ0n) is 15.7. The minimum Gasteiger partial charge on any atom is -0.340 e. The van der Waals surface area contributed by atoms with Gasteiger partial charge in [0.2, 0.25) is 5.91 Å². The van der Waals surface area contributed by atoms with Crippen molar-refractivity contribution in [2.24, 2.45) is 0 Å². The highest BCUT2D eigenvalue weighted by molar-refractivity contribution is 5.89. The summed E-state index contributed by atoms with van der Waals surface area (Å²) < 4.78 is 0. The number of aryl methyl sites for hydroxylation is 2. The number of aromatic nitrogens is 2. The molecule has 1 amide bonds. The van der Waals surface area contributed by atoms with Gasteiger partial charge in [0.05, 0.1) is 0 Å². The second-order valence-corrected chi connectivity index (χ2v) is 6.21. The molecular formula is C21H23N5O. The number of amides is 1. The first-order valence-corrected chi connectivity index (χ1v) is 8.89. The fourth-order valence-electron chi connectivity index (χ4n) is 2.81. The van der Waals surface area contributed by atoms with E-state index in [9.17, 15) is 4.79 Å². The predicted octanol–water partition coefficient (Wildman–Crippen LogP) is 4.79. The van der Waals surface area contributed by atoms with Crippen LogP contribution in [0.4, 0.5) is 28.7 Å². The van der Waals surface area contributed by atoms with E-state index in [2.05, 4.69) is 38.9 Å². The van der Waals surface area contributed by atoms with Gasteiger partial charge in [-0.25, -0.2) is 9.97 Å². The van der Waals surface area contributed by atoms with Crippen molar-refractivity contribution in [2.45, 2.75) is 27.2 Å². The van der Waals surface area contributed by atoms with Crippen LogP contribution in [0.15, 0.2) is 54.6 Å². The highest BCUT2D eigenvalue weighted by Gasteiger charge is 2.06. The molecule has 0 aliphatic rings. The van der Waals surface area contributed by atoms with Gasteiger partial charge in [-0.3, -0.25) is 4.79 Å². The van der Waals surface area contributed by atoms with Gasteiger partial charge in [0.1, 0.15) is 17.5 Å². The van der Waals surface area contributed by atoms with Gasteiger partial charge in [-0.2, -0.15) is 0 Å². The Balaban J connectivity index is 1.82. The van der Waals surface area contributed by atoms with E-state index in [1.165, 1.54) is 12.5 Å². The fourth-order valence-corrected chi connectivity index (χ4v) is 2.81. The van der Waals surface area contributed by atoms with E-state index in [0.29, 0.717) is 11.6 Å². The summed E-state index contributed by atoms with van der Waals surface area (Å²) in [5.74, 6) is 1.96. The van der Waals surface area contributed by atoms with E-state index in [1.54, 1.807) is 0 Å². The van der Waals surface area contributed by atoms with Gasteiger partial charge in [0, 0.05) is 30.1 Å². The molecule has 3 rings (SSSR count). The molecule has 6 heteroatoms. The molecule has 0 fully saturated rings. The van der Waals surface area contributed by atoms with Crippen LogP contribution in [0.2, 0.25) is 0 Å². The molecule has 0 atom stereocenters. The molecule has 0 unspecified atom stereocenters. The summed E-state index contributed by atoms with van der Waals surface area (Å²) in [6.45, 7) is 5.47. The van der Waals surface area contributed by atoms with Crippen LogP contribution >= 0.6 is 0 Å². The smallest absolute Gasteiger partial charge is 0.221 e. The molecule has 0 bridgehead atoms. The average Bonchev–Trinajstić information content (AvgIpc) is 2.61. The quantitative estimate of drug-likeness (QED) is 0.588. The molecule has 2 aromatic carbocycles. The fraction of sp³-hybridized carbons (Fsp3) is 0.190. The summed E-state index contributed by atoms with van der Waals surface area (Å²) >= 11 is 0. The SMILES string of the molecule is CCc1ccccc1Nc1cc(Nc2cccc(NC(C)=O)c2)nc(C)n1. The standard InChI is InChI=1S/C21H23N5O/c1-4-16-8-5-6-11-19(16)26-21-13-20(22-14(2)23-21)25-18-10-7-9-17(12-18)24-15(3)27/h5-13H,4H2,1-3H3,(H,24,27)(H2,22,23,25,26). The summed E-state index contributed by atoms with van der Waals surface area (Å²) in [5, 5.41) is 9.43. The summed E-state index contributed by atoms with van der Waals surface area (Å²) in [7, 11) is 0. The molecule has 0 spiro atoms. The van der Waals surface area contributed by atoms with Crippen LogP contribution in [0.1, 0.15) is 25.2 Å². The van der Waals surface area contributed by atoms with Gasteiger partial charge in [0.25, 0.3) is 0 Å². The third-order valence-electron chi connectivity index (χ3n) is 3.95. The first-order valence-electron chi connectivity index (χ1n) is 8.89. The monoisotopic (exact) mass is 361 g/mol. The number of nitrogens with zero attached hydrogens (tertiary/aromatic N) is 2. The lowest BCUT2D eigenvalue weighted by atomic mass is 10.1. The third kappa shape index (κ3) is 5.04. The molecule has 3 aromatic rings. The molecule has 138 valence electrons. The Hall–Kier alpha value is -3.41. The average molecular weight is 361 g/mol. The number of carbonyl (C=O) groups is 1. The van der Waals surface area contributed by atoms with Gasteiger partial charge in [-0.15, -0.1) is 0 Å². The minimum atomic E-state index is -0.105. The summed E-state index contributed by atoms with van der Waals surface area (Å²) in [5.41, 5.74) is 3.83. The maximum atomic E-state index is 11.2. The number of benzene rings is 2. The Kier molecular flexibility index (Phi) is 5.66. The Morgan fingerprint density at radius 1 is 0.926 bits per heavy atom. The Bertz CT molecular complexity index is 955. The van der Waals surface area contributed by atoms with Crippen molar-refractivity contribution in [2.75, 3.05) is 16.0 Å². The molecule has 1 aromatic heterocycles. The Morgan fingerprint density at radius 3 is 2.37 bits per heavy atom. The second kappa shape index (κ2) is 8.31. The lowest BCUT2D eigenvalue weighted by Gasteiger charge is -2.13. The Labute approximate surface area is 159 Å². The largest absolute Gasteiger partial charge is 0.340 e. The Morgan fingerprint density at radius 2 is 1.63 bits per heavy atom. The molecule has 6 nitrogen and oxygen atoms in total. The van der Waals surface area contributed by atoms with Gasteiger partial charge < -0.3 is 16.0 Å². The zero-order valence-corrected chi connectivity index (χ0v) is 15.7. The number of hydrogen-bond acceptors (Lipinski definition) is 5. The third-order valence-corrected chi connectivity index (χ3v) is 3.95. The van der Waals surface area contributed by atoms with E-state index in [1.807, 2.05) is 55.5 Å². The summed E-state index contributed by atoms with van der Waals surface area (Å²) in [6, 6.07) is 17.5. The van der Waals surface area contributed by atoms with Crippen molar-refractivity contribution in [1.29, 1.82) is 0 Å². The van der Waals surface area contributed by atoms with Crippen LogP contribution < -0.4 is 16.0 Å². The molecule has 1 heterocycles. The number of para-hydroxylation sites is 1. The van der Waals surface area contributed by atoms with Crippen molar-refractivity contribution in [3.05, 3.63) is 66.0 Å². The molecule has 0 aliphatic heterocycles. The number of nitrogens with one attached hydrogen (secondary N) is 3.